The molecule has 24 heavy (non-hydrogen) atoms. The first-order valence-electron chi connectivity index (χ1n) is 8.30. The van der Waals surface area contributed by atoms with E-state index in [2.05, 4.69) is 25.0 Å². The van der Waals surface area contributed by atoms with E-state index in [-0.39, 0.29) is 0 Å². The molecule has 0 spiro atoms. The highest BCUT2D eigenvalue weighted by Gasteiger charge is 2.06. The Labute approximate surface area is 146 Å². The molecule has 0 saturated heterocycles. The second-order valence-corrected chi connectivity index (χ2v) is 5.74. The summed E-state index contributed by atoms with van der Waals surface area (Å²) in [6, 6.07) is 0. The Bertz CT molecular complexity index is 400. The highest BCUT2D eigenvalue weighted by Crippen LogP contribution is 2.06. The van der Waals surface area contributed by atoms with Crippen molar-refractivity contribution in [1.29, 1.82) is 0 Å². The number of aliphatic hydroxyl groups is 2. The number of rotatable bonds is 15. The van der Waals surface area contributed by atoms with Gasteiger partial charge in [0.15, 0.2) is 0 Å². The van der Waals surface area contributed by atoms with Gasteiger partial charge in [-0.1, -0.05) is 25.0 Å². The zero-order valence-corrected chi connectivity index (χ0v) is 14.5. The molecular formula is C20H30O4. The van der Waals surface area contributed by atoms with E-state index >= 15 is 0 Å². The highest BCUT2D eigenvalue weighted by atomic mass is 16.5. The summed E-state index contributed by atoms with van der Waals surface area (Å²) >= 11 is 0. The molecule has 134 valence electrons. The second-order valence-electron chi connectivity index (χ2n) is 5.74. The maximum Gasteiger partial charge on any atom is 0.0777 e. The van der Waals surface area contributed by atoms with Gasteiger partial charge in [-0.05, 0) is 49.7 Å². The summed E-state index contributed by atoms with van der Waals surface area (Å²) in [5, 5.41) is 19.4. The Morgan fingerprint density at radius 3 is 1.54 bits per heavy atom. The molecule has 0 aliphatic heterocycles. The summed E-state index contributed by atoms with van der Waals surface area (Å²) in [6.07, 6.45) is 13.4. The maximum atomic E-state index is 9.70. The largest absolute Gasteiger partial charge is 0.391 e. The maximum absolute atomic E-state index is 9.70. The van der Waals surface area contributed by atoms with Gasteiger partial charge in [0, 0.05) is 13.2 Å². The van der Waals surface area contributed by atoms with Crippen LogP contribution in [-0.2, 0) is 9.47 Å². The fraction of sp³-hybridized carbons (Fsp3) is 0.600. The molecule has 2 N–H and O–H groups in total. The molecule has 0 radical (unpaired) electrons. The van der Waals surface area contributed by atoms with E-state index < -0.39 is 12.2 Å². The number of hydrogen-bond acceptors (Lipinski definition) is 4. The van der Waals surface area contributed by atoms with Crippen molar-refractivity contribution in [2.24, 2.45) is 0 Å². The lowest BCUT2D eigenvalue weighted by Gasteiger charge is -2.12. The Hall–Kier alpha value is -1.56. The summed E-state index contributed by atoms with van der Waals surface area (Å²) in [7, 11) is 0. The van der Waals surface area contributed by atoms with Gasteiger partial charge in [0.25, 0.3) is 0 Å². The average Bonchev–Trinajstić information content (AvgIpc) is 2.59. The minimum Gasteiger partial charge on any atom is -0.391 e. The molecule has 4 heteroatoms. The second kappa shape index (κ2) is 15.0. The molecule has 0 fully saturated rings. The number of hydrogen-bond donors (Lipinski definition) is 2. The molecule has 0 amide bonds. The van der Waals surface area contributed by atoms with Crippen LogP contribution in [0.15, 0.2) is 24.3 Å². The Morgan fingerprint density at radius 1 is 0.833 bits per heavy atom. The van der Waals surface area contributed by atoms with Crippen LogP contribution in [0.1, 0.15) is 38.5 Å². The zero-order chi connectivity index (χ0) is 18.2. The topological polar surface area (TPSA) is 58.9 Å². The van der Waals surface area contributed by atoms with E-state index in [1.807, 2.05) is 0 Å². The predicted molar refractivity (Wildman–Crippen MR) is 97.3 cm³/mol. The molecule has 0 aromatic carbocycles. The number of allylic oxidation sites excluding steroid dienone is 2. The van der Waals surface area contributed by atoms with Gasteiger partial charge in [-0.15, -0.1) is 12.8 Å². The van der Waals surface area contributed by atoms with Crippen molar-refractivity contribution in [2.45, 2.75) is 50.7 Å². The van der Waals surface area contributed by atoms with E-state index in [0.717, 1.165) is 12.8 Å². The van der Waals surface area contributed by atoms with Crippen LogP contribution in [0.4, 0.5) is 0 Å². The van der Waals surface area contributed by atoms with Gasteiger partial charge in [0.1, 0.15) is 0 Å². The molecule has 0 aliphatic rings. The molecular weight excluding hydrogens is 304 g/mol. The monoisotopic (exact) mass is 334 g/mol. The van der Waals surface area contributed by atoms with E-state index in [1.165, 1.54) is 0 Å². The van der Waals surface area contributed by atoms with Crippen molar-refractivity contribution in [3.63, 3.8) is 0 Å². The standard InChI is InChI=1S/C20H30O4/c1-5-17(3)9-11-19(21)15-23-13-7-8-14-24-16-20(22)12-10-18(4)6-2/h1-2,19-22H,3-4,7-16H2. The molecule has 0 rings (SSSR count). The van der Waals surface area contributed by atoms with Crippen LogP contribution in [0.25, 0.3) is 0 Å². The van der Waals surface area contributed by atoms with Gasteiger partial charge in [-0.2, -0.15) is 0 Å². The third-order valence-corrected chi connectivity index (χ3v) is 3.41. The third kappa shape index (κ3) is 14.1. The normalized spacial score (nSPS) is 12.8. The van der Waals surface area contributed by atoms with Crippen molar-refractivity contribution in [2.75, 3.05) is 26.4 Å². The smallest absolute Gasteiger partial charge is 0.0777 e. The quantitative estimate of drug-likeness (QED) is 0.357. The predicted octanol–water partition coefficient (Wildman–Crippen LogP) is 2.46. The fourth-order valence-electron chi connectivity index (χ4n) is 1.84. The zero-order valence-electron chi connectivity index (χ0n) is 14.5. The molecule has 0 heterocycles. The molecule has 0 aromatic heterocycles. The summed E-state index contributed by atoms with van der Waals surface area (Å²) in [5.74, 6) is 4.90. The van der Waals surface area contributed by atoms with Gasteiger partial charge < -0.3 is 19.7 Å². The first kappa shape index (κ1) is 22.4. The molecule has 4 nitrogen and oxygen atoms in total. The third-order valence-electron chi connectivity index (χ3n) is 3.41. The van der Waals surface area contributed by atoms with Crippen LogP contribution in [0.3, 0.4) is 0 Å². The van der Waals surface area contributed by atoms with Gasteiger partial charge >= 0.3 is 0 Å². The van der Waals surface area contributed by atoms with Crippen LogP contribution in [0.5, 0.6) is 0 Å². The number of terminal acetylenes is 2. The summed E-state index contributed by atoms with van der Waals surface area (Å²) in [5.41, 5.74) is 1.38. The SMILES string of the molecule is C#CC(=C)CCC(O)COCCCCOCC(O)CCC(=C)C#C. The van der Waals surface area contributed by atoms with Crippen molar-refractivity contribution in [3.05, 3.63) is 24.3 Å². The van der Waals surface area contributed by atoms with Crippen LogP contribution in [0.2, 0.25) is 0 Å². The summed E-state index contributed by atoms with van der Waals surface area (Å²) < 4.78 is 10.8. The number of ether oxygens (including phenoxy) is 2. The molecule has 2 atom stereocenters. The van der Waals surface area contributed by atoms with Crippen molar-refractivity contribution in [3.8, 4) is 24.7 Å². The minimum absolute atomic E-state index is 0.302. The fourth-order valence-corrected chi connectivity index (χ4v) is 1.84. The number of aliphatic hydroxyl groups excluding tert-OH is 2. The lowest BCUT2D eigenvalue weighted by Crippen LogP contribution is -2.17. The van der Waals surface area contributed by atoms with Gasteiger partial charge in [0.2, 0.25) is 0 Å². The average molecular weight is 334 g/mol. The van der Waals surface area contributed by atoms with Crippen LogP contribution >= 0.6 is 0 Å². The molecule has 0 aliphatic carbocycles. The minimum atomic E-state index is -0.515. The molecule has 0 aromatic rings. The van der Waals surface area contributed by atoms with E-state index in [4.69, 9.17) is 22.3 Å². The van der Waals surface area contributed by atoms with Crippen molar-refractivity contribution in [1.82, 2.24) is 0 Å². The van der Waals surface area contributed by atoms with Crippen LogP contribution < -0.4 is 0 Å². The molecule has 2 unspecified atom stereocenters. The highest BCUT2D eigenvalue weighted by molar-refractivity contribution is 5.21. The van der Waals surface area contributed by atoms with Gasteiger partial charge in [-0.25, -0.2) is 0 Å². The van der Waals surface area contributed by atoms with Crippen molar-refractivity contribution < 1.29 is 19.7 Å². The molecule has 0 bridgehead atoms. The first-order chi connectivity index (χ1) is 11.5. The first-order valence-corrected chi connectivity index (χ1v) is 8.30. The van der Waals surface area contributed by atoms with Gasteiger partial charge in [0.05, 0.1) is 25.4 Å². The Kier molecular flexibility index (Phi) is 14.0. The van der Waals surface area contributed by atoms with Crippen LogP contribution in [-0.4, -0.2) is 48.8 Å². The van der Waals surface area contributed by atoms with Crippen LogP contribution in [0, 0.1) is 24.7 Å². The van der Waals surface area contributed by atoms with E-state index in [0.29, 0.717) is 63.3 Å². The van der Waals surface area contributed by atoms with Gasteiger partial charge in [-0.3, -0.25) is 0 Å². The van der Waals surface area contributed by atoms with Crippen molar-refractivity contribution >= 4 is 0 Å². The Morgan fingerprint density at radius 2 is 1.21 bits per heavy atom. The molecule has 0 saturated carbocycles. The summed E-state index contributed by atoms with van der Waals surface area (Å²) in [6.45, 7) is 9.12. The number of unbranched alkanes of at least 4 members (excludes halogenated alkanes) is 1. The lowest BCUT2D eigenvalue weighted by molar-refractivity contribution is 0.0179. The Balaban J connectivity index is 3.39. The van der Waals surface area contributed by atoms with E-state index in [1.54, 1.807) is 0 Å². The lowest BCUT2D eigenvalue weighted by atomic mass is 10.1. The van der Waals surface area contributed by atoms with E-state index in [9.17, 15) is 10.2 Å². The summed E-state index contributed by atoms with van der Waals surface area (Å²) in [4.78, 5) is 0.